The van der Waals surface area contributed by atoms with E-state index < -0.39 is 0 Å². The Labute approximate surface area is 166 Å². The van der Waals surface area contributed by atoms with E-state index in [1.165, 1.54) is 24.0 Å². The molecule has 0 aliphatic carbocycles. The Morgan fingerprint density at radius 1 is 1.00 bits per heavy atom. The van der Waals surface area contributed by atoms with E-state index in [9.17, 15) is 0 Å². The van der Waals surface area contributed by atoms with Gasteiger partial charge < -0.3 is 10.2 Å². The molecule has 5 heteroatoms. The van der Waals surface area contributed by atoms with Crippen LogP contribution >= 0.6 is 0 Å². The van der Waals surface area contributed by atoms with Gasteiger partial charge in [-0.25, -0.2) is 0 Å². The Morgan fingerprint density at radius 2 is 1.75 bits per heavy atom. The summed E-state index contributed by atoms with van der Waals surface area (Å²) >= 11 is 0. The largest absolute Gasteiger partial charge is 0.355 e. The molecule has 1 aliphatic rings. The number of anilines is 3. The Balaban J connectivity index is 1.38. The van der Waals surface area contributed by atoms with Gasteiger partial charge in [0.1, 0.15) is 0 Å². The van der Waals surface area contributed by atoms with Gasteiger partial charge in [-0.15, -0.1) is 5.10 Å². The number of benzene rings is 2. The lowest BCUT2D eigenvalue weighted by atomic mass is 9.90. The fraction of sp³-hybridized carbons (Fsp3) is 0.348. The van der Waals surface area contributed by atoms with E-state index in [1.807, 2.05) is 6.07 Å². The van der Waals surface area contributed by atoms with Crippen molar-refractivity contribution in [3.05, 3.63) is 71.9 Å². The molecule has 3 aromatic rings. The third-order valence-corrected chi connectivity index (χ3v) is 5.50. The van der Waals surface area contributed by atoms with Crippen molar-refractivity contribution in [2.45, 2.75) is 32.6 Å². The molecule has 0 radical (unpaired) electrons. The first-order valence-corrected chi connectivity index (χ1v) is 10.2. The lowest BCUT2D eigenvalue weighted by Crippen LogP contribution is -2.35. The van der Waals surface area contributed by atoms with Gasteiger partial charge in [-0.1, -0.05) is 55.5 Å². The highest BCUT2D eigenvalue weighted by Crippen LogP contribution is 2.25. The summed E-state index contributed by atoms with van der Waals surface area (Å²) in [5.74, 6) is 2.21. The number of aromatic nitrogens is 3. The number of hydrogen-bond acceptors (Lipinski definition) is 5. The van der Waals surface area contributed by atoms with E-state index in [4.69, 9.17) is 4.98 Å². The molecule has 0 spiro atoms. The molecule has 0 amide bonds. The van der Waals surface area contributed by atoms with E-state index in [0.29, 0.717) is 5.95 Å². The molecule has 0 unspecified atom stereocenters. The number of para-hydroxylation sites is 1. The van der Waals surface area contributed by atoms with E-state index in [2.05, 4.69) is 75.9 Å². The first-order chi connectivity index (χ1) is 13.8. The van der Waals surface area contributed by atoms with E-state index in [1.54, 1.807) is 6.20 Å². The number of aryl methyl sites for hydroxylation is 1. The van der Waals surface area contributed by atoms with Crippen LogP contribution in [0, 0.1) is 5.92 Å². The quantitative estimate of drug-likeness (QED) is 0.682. The number of nitrogens with one attached hydrogen (secondary N) is 1. The molecule has 1 saturated heterocycles. The second kappa shape index (κ2) is 8.83. The van der Waals surface area contributed by atoms with Crippen LogP contribution in [0.4, 0.5) is 17.5 Å². The van der Waals surface area contributed by atoms with Crippen LogP contribution in [0.15, 0.2) is 60.8 Å². The predicted molar refractivity (Wildman–Crippen MR) is 114 cm³/mol. The summed E-state index contributed by atoms with van der Waals surface area (Å²) < 4.78 is 0. The van der Waals surface area contributed by atoms with Gasteiger partial charge in [-0.2, -0.15) is 10.1 Å². The number of nitrogens with zero attached hydrogens (tertiary/aromatic N) is 4. The third kappa shape index (κ3) is 4.47. The molecular formula is C23H27N5. The monoisotopic (exact) mass is 373 g/mol. The van der Waals surface area contributed by atoms with Crippen LogP contribution in [-0.2, 0) is 12.8 Å². The number of piperidine rings is 1. The van der Waals surface area contributed by atoms with Gasteiger partial charge >= 0.3 is 0 Å². The average Bonchev–Trinajstić information content (AvgIpc) is 2.76. The first kappa shape index (κ1) is 18.4. The Morgan fingerprint density at radius 3 is 2.54 bits per heavy atom. The molecule has 0 saturated carbocycles. The van der Waals surface area contributed by atoms with Crippen molar-refractivity contribution in [2.75, 3.05) is 23.3 Å². The summed E-state index contributed by atoms with van der Waals surface area (Å²) in [5.41, 5.74) is 3.73. The summed E-state index contributed by atoms with van der Waals surface area (Å²) in [5, 5.41) is 11.7. The van der Waals surface area contributed by atoms with Crippen LogP contribution < -0.4 is 10.2 Å². The van der Waals surface area contributed by atoms with Gasteiger partial charge in [0.05, 0.1) is 6.20 Å². The van der Waals surface area contributed by atoms with Gasteiger partial charge in [0.2, 0.25) is 5.95 Å². The van der Waals surface area contributed by atoms with Crippen molar-refractivity contribution < 1.29 is 0 Å². The molecule has 5 nitrogen and oxygen atoms in total. The molecule has 1 aliphatic heterocycles. The molecule has 2 aromatic carbocycles. The highest BCUT2D eigenvalue weighted by atomic mass is 15.3. The standard InChI is InChI=1S/C23H27N5/c1-2-20-10-6-7-11-21(20)25-23-26-22(17-24-27-23)28-14-12-19(13-15-28)16-18-8-4-3-5-9-18/h3-11,17,19H,2,12-16H2,1H3,(H,25,26,27). The predicted octanol–water partition coefficient (Wildman–Crippen LogP) is 4.64. The number of hydrogen-bond donors (Lipinski definition) is 1. The van der Waals surface area contributed by atoms with Crippen LogP contribution in [0.1, 0.15) is 30.9 Å². The van der Waals surface area contributed by atoms with Gasteiger partial charge in [0.25, 0.3) is 0 Å². The maximum atomic E-state index is 4.72. The fourth-order valence-electron chi connectivity index (χ4n) is 3.88. The normalized spacial score (nSPS) is 14.8. The first-order valence-electron chi connectivity index (χ1n) is 10.2. The topological polar surface area (TPSA) is 53.9 Å². The molecular weight excluding hydrogens is 346 g/mol. The maximum absolute atomic E-state index is 4.72. The van der Waals surface area contributed by atoms with Crippen molar-refractivity contribution >= 4 is 17.5 Å². The molecule has 0 atom stereocenters. The zero-order valence-electron chi connectivity index (χ0n) is 16.4. The van der Waals surface area contributed by atoms with Crippen LogP contribution in [0.5, 0.6) is 0 Å². The van der Waals surface area contributed by atoms with Crippen molar-refractivity contribution in [1.82, 2.24) is 15.2 Å². The molecule has 4 rings (SSSR count). The smallest absolute Gasteiger partial charge is 0.249 e. The van der Waals surface area contributed by atoms with Crippen molar-refractivity contribution in [1.29, 1.82) is 0 Å². The van der Waals surface area contributed by atoms with Crippen molar-refractivity contribution in [3.63, 3.8) is 0 Å². The summed E-state index contributed by atoms with van der Waals surface area (Å²) in [6.07, 6.45) is 6.26. The molecule has 1 aromatic heterocycles. The van der Waals surface area contributed by atoms with Crippen LogP contribution in [0.2, 0.25) is 0 Å². The van der Waals surface area contributed by atoms with Gasteiger partial charge in [-0.05, 0) is 48.8 Å². The Kier molecular flexibility index (Phi) is 5.80. The molecule has 2 heterocycles. The Hall–Kier alpha value is -2.95. The second-order valence-electron chi connectivity index (χ2n) is 7.39. The second-order valence-corrected chi connectivity index (χ2v) is 7.39. The maximum Gasteiger partial charge on any atom is 0.249 e. The summed E-state index contributed by atoms with van der Waals surface area (Å²) in [6, 6.07) is 19.1. The molecule has 0 bridgehead atoms. The summed E-state index contributed by atoms with van der Waals surface area (Å²) in [4.78, 5) is 7.04. The van der Waals surface area contributed by atoms with Crippen molar-refractivity contribution in [3.8, 4) is 0 Å². The van der Waals surface area contributed by atoms with Crippen molar-refractivity contribution in [2.24, 2.45) is 5.92 Å². The lowest BCUT2D eigenvalue weighted by Gasteiger charge is -2.32. The lowest BCUT2D eigenvalue weighted by molar-refractivity contribution is 0.402. The minimum atomic E-state index is 0.560. The zero-order valence-corrected chi connectivity index (χ0v) is 16.4. The molecule has 1 N–H and O–H groups in total. The summed E-state index contributed by atoms with van der Waals surface area (Å²) in [7, 11) is 0. The van der Waals surface area contributed by atoms with Gasteiger partial charge in [-0.3, -0.25) is 0 Å². The van der Waals surface area contributed by atoms with E-state index in [-0.39, 0.29) is 0 Å². The minimum Gasteiger partial charge on any atom is -0.355 e. The van der Waals surface area contributed by atoms with Gasteiger partial charge in [0, 0.05) is 18.8 Å². The van der Waals surface area contributed by atoms with Crippen LogP contribution in [0.3, 0.4) is 0 Å². The Bertz CT molecular complexity index is 888. The SMILES string of the molecule is CCc1ccccc1Nc1nncc(N2CCC(Cc3ccccc3)CC2)n1. The average molecular weight is 374 g/mol. The minimum absolute atomic E-state index is 0.560. The van der Waals surface area contributed by atoms with E-state index in [0.717, 1.165) is 43.4 Å². The van der Waals surface area contributed by atoms with Crippen LogP contribution in [0.25, 0.3) is 0 Å². The molecule has 28 heavy (non-hydrogen) atoms. The third-order valence-electron chi connectivity index (χ3n) is 5.50. The highest BCUT2D eigenvalue weighted by Gasteiger charge is 2.21. The van der Waals surface area contributed by atoms with E-state index >= 15 is 0 Å². The molecule has 144 valence electrons. The fourth-order valence-corrected chi connectivity index (χ4v) is 3.88. The van der Waals surface area contributed by atoms with Crippen LogP contribution in [-0.4, -0.2) is 28.3 Å². The van der Waals surface area contributed by atoms with Gasteiger partial charge in [0.15, 0.2) is 5.82 Å². The summed E-state index contributed by atoms with van der Waals surface area (Å²) in [6.45, 7) is 4.18. The molecule has 1 fully saturated rings. The number of rotatable bonds is 6. The highest BCUT2D eigenvalue weighted by molar-refractivity contribution is 5.59. The zero-order chi connectivity index (χ0) is 19.2.